The number of hydrogen-bond acceptors (Lipinski definition) is 6. The van der Waals surface area contributed by atoms with Crippen LogP contribution in [0.5, 0.6) is 0 Å². The van der Waals surface area contributed by atoms with E-state index in [1.54, 1.807) is 43.1 Å². The van der Waals surface area contributed by atoms with E-state index in [4.69, 9.17) is 51.5 Å². The number of halogens is 11. The molecular formula is C29H37B2BrCl4F6N3NaOS2. The average molecular weight is 888 g/mol. The maximum Gasteiger partial charge on any atom is 1.00 e. The van der Waals surface area contributed by atoms with Crippen molar-refractivity contribution in [2.75, 3.05) is 19.1 Å². The number of aryl methyl sites for hydroxylation is 1. The summed E-state index contributed by atoms with van der Waals surface area (Å²) in [5.41, 5.74) is 2.22. The molecule has 6 radical (unpaired) electrons. The van der Waals surface area contributed by atoms with Gasteiger partial charge < -0.3 is 17.7 Å². The molecule has 49 heavy (non-hydrogen) atoms. The standard InChI is InChI=1S/C9H11F2NS.C8H8BrF2N.C8H9F2N.C2H6O.CCl4.CH4S.2B.Na/c1-9(10,11)8-4-3-7(5-12-8)6-13-2;1-8(10,11)7-3-2-6(4-9)5-12-7;1-6-3-4-7(11-5-6)8(2,9)10;1-2-3;2-1(3,4)5;1-2;;;/h3-5H,6H2,1-2H3;2-3,5H,4H2,1H3;3-5H,1-2H3;3H,2H2,1H3;;2H,1H3;;;/q;;;;;;;;+1/p-1. The van der Waals surface area contributed by atoms with Gasteiger partial charge in [0.25, 0.3) is 21.0 Å². The van der Waals surface area contributed by atoms with Gasteiger partial charge in [0.1, 0.15) is 17.1 Å². The Hall–Kier alpha value is 0.460. The first-order chi connectivity index (χ1) is 21.0. The SMILES string of the molecule is CC(F)(F)c1ccc(CBr)cn1.CCO.CSCc1ccc(C(C)(F)F)nc1.C[S-].Cc1ccc(C(C)(F)F)nc1.ClC(Cl)(Cl)Cl.[B].[B].[Na+]. The minimum atomic E-state index is -2.84. The van der Waals surface area contributed by atoms with Gasteiger partial charge >= 0.3 is 29.6 Å². The van der Waals surface area contributed by atoms with E-state index in [1.165, 1.54) is 36.8 Å². The second kappa shape index (κ2) is 31.9. The third kappa shape index (κ3) is 36.6. The number of aromatic nitrogens is 3. The van der Waals surface area contributed by atoms with Gasteiger partial charge in [0.15, 0.2) is 0 Å². The summed E-state index contributed by atoms with van der Waals surface area (Å²) in [4.78, 5) is 10.9. The molecule has 0 fully saturated rings. The van der Waals surface area contributed by atoms with E-state index in [-0.39, 0.29) is 70.1 Å². The maximum atomic E-state index is 12.7. The Bertz CT molecular complexity index is 1180. The first-order valence-electron chi connectivity index (χ1n) is 12.8. The van der Waals surface area contributed by atoms with Gasteiger partial charge in [-0.25, -0.2) is 0 Å². The molecule has 0 aliphatic rings. The van der Waals surface area contributed by atoms with E-state index < -0.39 is 21.0 Å². The molecule has 270 valence electrons. The summed E-state index contributed by atoms with van der Waals surface area (Å²) in [6.45, 7) is 6.27. The fourth-order valence-electron chi connectivity index (χ4n) is 2.43. The van der Waals surface area contributed by atoms with Gasteiger partial charge in [-0.15, -0.1) is 0 Å². The van der Waals surface area contributed by atoms with Crippen LogP contribution in [0, 0.1) is 6.92 Å². The third-order valence-electron chi connectivity index (χ3n) is 4.38. The molecule has 0 amide bonds. The summed E-state index contributed by atoms with van der Waals surface area (Å²) >= 11 is 28.2. The maximum absolute atomic E-state index is 12.7. The number of nitrogens with zero attached hydrogens (tertiary/aromatic N) is 3. The van der Waals surface area contributed by atoms with Crippen LogP contribution in [-0.4, -0.2) is 59.3 Å². The number of aliphatic hydroxyl groups is 1. The van der Waals surface area contributed by atoms with Gasteiger partial charge in [0.2, 0.25) is 0 Å². The van der Waals surface area contributed by atoms with E-state index in [2.05, 4.69) is 43.5 Å². The van der Waals surface area contributed by atoms with E-state index in [0.29, 0.717) is 5.33 Å². The molecule has 0 saturated carbocycles. The molecule has 0 saturated heterocycles. The zero-order valence-corrected chi connectivity index (χ0v) is 36.5. The molecule has 0 aliphatic carbocycles. The molecule has 3 rings (SSSR count). The Labute approximate surface area is 351 Å². The monoisotopic (exact) mass is 885 g/mol. The van der Waals surface area contributed by atoms with Gasteiger partial charge in [-0.3, -0.25) is 15.0 Å². The minimum absolute atomic E-state index is 0. The van der Waals surface area contributed by atoms with Crippen LogP contribution in [0.3, 0.4) is 0 Å². The number of alkyl halides is 11. The smallest absolute Gasteiger partial charge is 0.796 e. The van der Waals surface area contributed by atoms with E-state index >= 15 is 0 Å². The molecule has 3 heterocycles. The largest absolute Gasteiger partial charge is 1.00 e. The van der Waals surface area contributed by atoms with Crippen LogP contribution in [-0.2, 0) is 41.5 Å². The molecule has 0 aliphatic heterocycles. The Balaban J connectivity index is -0.000000122. The summed E-state index contributed by atoms with van der Waals surface area (Å²) in [6, 6.07) is 9.02. The molecule has 4 nitrogen and oxygen atoms in total. The summed E-state index contributed by atoms with van der Waals surface area (Å²) in [5.74, 6) is -7.70. The Morgan fingerprint density at radius 1 is 0.714 bits per heavy atom. The van der Waals surface area contributed by atoms with Crippen LogP contribution < -0.4 is 29.6 Å². The van der Waals surface area contributed by atoms with Crippen LogP contribution in [0.25, 0.3) is 0 Å². The predicted octanol–water partition coefficient (Wildman–Crippen LogP) is 7.60. The van der Waals surface area contributed by atoms with Gasteiger partial charge in [0.05, 0.1) is 0 Å². The zero-order valence-electron chi connectivity index (χ0n) is 28.2. The predicted molar refractivity (Wildman–Crippen MR) is 200 cm³/mol. The van der Waals surface area contributed by atoms with Gasteiger partial charge in [-0.2, -0.15) is 44.4 Å². The van der Waals surface area contributed by atoms with Gasteiger partial charge in [0, 0.05) is 73.9 Å². The normalized spacial score (nSPS) is 10.3. The van der Waals surface area contributed by atoms with Crippen molar-refractivity contribution in [2.45, 2.75) is 66.7 Å². The van der Waals surface area contributed by atoms with Crippen molar-refractivity contribution in [3.63, 3.8) is 0 Å². The number of thioether (sulfide) groups is 1. The van der Waals surface area contributed by atoms with Crippen molar-refractivity contribution in [3.05, 3.63) is 88.8 Å². The van der Waals surface area contributed by atoms with Crippen LogP contribution in [0.1, 0.15) is 61.5 Å². The fraction of sp³-hybridized carbons (Fsp3) is 0.483. The molecule has 1 N–H and O–H groups in total. The van der Waals surface area contributed by atoms with Crippen LogP contribution in [0.4, 0.5) is 26.3 Å². The molecule has 3 aromatic rings. The Morgan fingerprint density at radius 3 is 1.20 bits per heavy atom. The first-order valence-corrected chi connectivity index (χ1v) is 17.6. The number of hydrogen-bond donors (Lipinski definition) is 1. The molecule has 0 aromatic carbocycles. The van der Waals surface area contributed by atoms with Crippen molar-refractivity contribution in [1.29, 1.82) is 0 Å². The van der Waals surface area contributed by atoms with Crippen LogP contribution in [0.2, 0.25) is 0 Å². The average Bonchev–Trinajstić information content (AvgIpc) is 2.94. The number of pyridine rings is 3. The summed E-state index contributed by atoms with van der Waals surface area (Å²) < 4.78 is 74.1. The quantitative estimate of drug-likeness (QED) is 0.119. The van der Waals surface area contributed by atoms with Crippen molar-refractivity contribution in [2.24, 2.45) is 0 Å². The van der Waals surface area contributed by atoms with E-state index in [9.17, 15) is 26.3 Å². The van der Waals surface area contributed by atoms with Crippen molar-refractivity contribution in [3.8, 4) is 0 Å². The first kappa shape index (κ1) is 61.5. The van der Waals surface area contributed by atoms with Gasteiger partial charge in [-0.05, 0) is 55.0 Å². The topological polar surface area (TPSA) is 58.9 Å². The molecule has 0 bridgehead atoms. The van der Waals surface area contributed by atoms with E-state index in [1.807, 2.05) is 13.2 Å². The summed E-state index contributed by atoms with van der Waals surface area (Å²) in [6.07, 6.45) is 7.93. The van der Waals surface area contributed by atoms with Crippen molar-refractivity contribution < 1.29 is 61.0 Å². The zero-order chi connectivity index (χ0) is 36.8. The summed E-state index contributed by atoms with van der Waals surface area (Å²) in [5, 5.41) is 8.20. The summed E-state index contributed by atoms with van der Waals surface area (Å²) in [7, 11) is 0. The van der Waals surface area contributed by atoms with Crippen LogP contribution in [0.15, 0.2) is 55.0 Å². The molecule has 20 heteroatoms. The third-order valence-corrected chi connectivity index (χ3v) is 5.64. The van der Waals surface area contributed by atoms with Crippen LogP contribution >= 0.6 is 74.1 Å². The fourth-order valence-corrected chi connectivity index (χ4v) is 3.26. The van der Waals surface area contributed by atoms with Crippen molar-refractivity contribution in [1.82, 2.24) is 15.0 Å². The second-order valence-corrected chi connectivity index (χ2v) is 13.7. The number of rotatable bonds is 6. The molecule has 0 spiro atoms. The van der Waals surface area contributed by atoms with E-state index in [0.717, 1.165) is 43.2 Å². The molecule has 0 atom stereocenters. The minimum Gasteiger partial charge on any atom is -0.796 e. The van der Waals surface area contributed by atoms with Gasteiger partial charge in [-0.1, -0.05) is 80.5 Å². The molecule has 3 aromatic heterocycles. The Morgan fingerprint density at radius 2 is 1.00 bits per heavy atom. The second-order valence-electron chi connectivity index (χ2n) is 8.80. The molecular weight excluding hydrogens is 851 g/mol. The molecule has 0 unspecified atom stereocenters. The van der Waals surface area contributed by atoms with Crippen molar-refractivity contribution >= 4 is 104 Å². The number of aliphatic hydroxyl groups excluding tert-OH is 1. The Kier molecular flexibility index (Phi) is 40.1.